The van der Waals surface area contributed by atoms with Crippen LogP contribution in [0.4, 0.5) is 13.2 Å². The largest absolute Gasteiger partial charge is 0.393 e. The summed E-state index contributed by atoms with van der Waals surface area (Å²) in [5.41, 5.74) is 2.17. The van der Waals surface area contributed by atoms with Gasteiger partial charge in [-0.15, -0.1) is 0 Å². The fourth-order valence-corrected chi connectivity index (χ4v) is 6.50. The standard InChI is InChI=1S/C29H37F3N8O3/c1-39-24(8-9-34-39)27(42)37-25(18-6-4-2-3-5-7-18)23-14-40-28(36-23)35-21(10-17-15-43-16-17)22(38-40)12-19-11-20(29(30,31)32)13-33-26(19)41/h8-9,14,17-20,25H,2-7,10-13,15-16H2,1H3,(H,33,41)(H,37,42)/t19-,20-,25+/m1/s1. The first-order chi connectivity index (χ1) is 20.7. The van der Waals surface area contributed by atoms with Crippen LogP contribution in [0.3, 0.4) is 0 Å². The van der Waals surface area contributed by atoms with Gasteiger partial charge in [0.1, 0.15) is 5.69 Å². The summed E-state index contributed by atoms with van der Waals surface area (Å²) in [5, 5.41) is 14.5. The molecule has 3 fully saturated rings. The van der Waals surface area contributed by atoms with Crippen LogP contribution in [-0.4, -0.2) is 67.1 Å². The van der Waals surface area contributed by atoms with Crippen LogP contribution in [0.2, 0.25) is 0 Å². The Morgan fingerprint density at radius 3 is 2.56 bits per heavy atom. The number of hydrogen-bond acceptors (Lipinski definition) is 7. The summed E-state index contributed by atoms with van der Waals surface area (Å²) in [7, 11) is 1.72. The lowest BCUT2D eigenvalue weighted by molar-refractivity contribution is -0.183. The molecule has 0 unspecified atom stereocenters. The van der Waals surface area contributed by atoms with Gasteiger partial charge in [-0.25, -0.2) is 14.5 Å². The highest BCUT2D eigenvalue weighted by molar-refractivity contribution is 5.92. The minimum absolute atomic E-state index is 0.0427. The lowest BCUT2D eigenvalue weighted by atomic mass is 9.85. The van der Waals surface area contributed by atoms with Gasteiger partial charge in [-0.1, -0.05) is 25.7 Å². The zero-order chi connectivity index (χ0) is 30.1. The van der Waals surface area contributed by atoms with Crippen LogP contribution < -0.4 is 10.6 Å². The molecule has 0 radical (unpaired) electrons. The van der Waals surface area contributed by atoms with E-state index < -0.39 is 30.5 Å². The van der Waals surface area contributed by atoms with Gasteiger partial charge >= 0.3 is 6.18 Å². The third-order valence-electron chi connectivity index (χ3n) is 9.07. The summed E-state index contributed by atoms with van der Waals surface area (Å²) in [6.07, 6.45) is 5.53. The number of fused-ring (bicyclic) bond motifs is 1. The molecule has 5 heterocycles. The Labute approximate surface area is 247 Å². The number of carbonyl (C=O) groups excluding carboxylic acids is 2. The number of aromatic nitrogens is 6. The lowest BCUT2D eigenvalue weighted by Crippen LogP contribution is -2.47. The van der Waals surface area contributed by atoms with Crippen molar-refractivity contribution in [3.63, 3.8) is 0 Å². The van der Waals surface area contributed by atoms with E-state index in [0.717, 1.165) is 38.5 Å². The van der Waals surface area contributed by atoms with Gasteiger partial charge in [-0.2, -0.15) is 23.4 Å². The molecule has 3 aliphatic rings. The van der Waals surface area contributed by atoms with Gasteiger partial charge < -0.3 is 15.4 Å². The molecule has 2 N–H and O–H groups in total. The first-order valence-corrected chi connectivity index (χ1v) is 15.1. The SMILES string of the molecule is Cn1nccc1C(=O)N[C@H](c1cn2nc(C[C@H]3C[C@@H](C(F)(F)F)CNC3=O)c(CC3COC3)nc2n1)C1CCCCCC1. The second kappa shape index (κ2) is 12.2. The number of piperidine rings is 1. The van der Waals surface area contributed by atoms with E-state index in [1.54, 1.807) is 25.5 Å². The van der Waals surface area contributed by atoms with Crippen molar-refractivity contribution in [1.82, 2.24) is 40.0 Å². The number of rotatable bonds is 8. The lowest BCUT2D eigenvalue weighted by Gasteiger charge is -2.31. The van der Waals surface area contributed by atoms with Crippen LogP contribution in [-0.2, 0) is 29.4 Å². The second-order valence-corrected chi connectivity index (χ2v) is 12.2. The van der Waals surface area contributed by atoms with Crippen LogP contribution in [0, 0.1) is 23.7 Å². The summed E-state index contributed by atoms with van der Waals surface area (Å²) in [4.78, 5) is 35.6. The number of carbonyl (C=O) groups is 2. The maximum atomic E-state index is 13.5. The Morgan fingerprint density at radius 2 is 1.91 bits per heavy atom. The number of halogens is 3. The van der Waals surface area contributed by atoms with E-state index in [1.165, 1.54) is 9.20 Å². The molecule has 2 amide bonds. The summed E-state index contributed by atoms with van der Waals surface area (Å²) < 4.78 is 48.9. The van der Waals surface area contributed by atoms with Gasteiger partial charge in [-0.05, 0) is 37.7 Å². The summed E-state index contributed by atoms with van der Waals surface area (Å²) >= 11 is 0. The number of imidazole rings is 1. The van der Waals surface area contributed by atoms with Crippen molar-refractivity contribution < 1.29 is 27.5 Å². The van der Waals surface area contributed by atoms with Gasteiger partial charge in [0.2, 0.25) is 5.91 Å². The van der Waals surface area contributed by atoms with Gasteiger partial charge in [-0.3, -0.25) is 14.3 Å². The molecule has 3 aromatic rings. The number of alkyl halides is 3. The molecule has 0 aromatic carbocycles. The van der Waals surface area contributed by atoms with Crippen LogP contribution >= 0.6 is 0 Å². The van der Waals surface area contributed by atoms with Crippen LogP contribution in [0.15, 0.2) is 18.5 Å². The maximum absolute atomic E-state index is 13.5. The molecule has 2 saturated heterocycles. The zero-order valence-corrected chi connectivity index (χ0v) is 24.1. The van der Waals surface area contributed by atoms with Gasteiger partial charge in [0.25, 0.3) is 11.7 Å². The number of hydrogen-bond donors (Lipinski definition) is 2. The second-order valence-electron chi connectivity index (χ2n) is 12.2. The van der Waals surface area contributed by atoms with Crippen LogP contribution in [0.5, 0.6) is 0 Å². The predicted octanol–water partition coefficient (Wildman–Crippen LogP) is 3.35. The predicted molar refractivity (Wildman–Crippen MR) is 148 cm³/mol. The van der Waals surface area contributed by atoms with E-state index in [4.69, 9.17) is 19.8 Å². The monoisotopic (exact) mass is 602 g/mol. The van der Waals surface area contributed by atoms with Gasteiger partial charge in [0.05, 0.1) is 48.5 Å². The smallest absolute Gasteiger partial charge is 0.381 e. The van der Waals surface area contributed by atoms with Crippen molar-refractivity contribution in [2.45, 2.75) is 70.0 Å². The minimum Gasteiger partial charge on any atom is -0.381 e. The Balaban J connectivity index is 1.33. The zero-order valence-electron chi connectivity index (χ0n) is 24.1. The highest BCUT2D eigenvalue weighted by Gasteiger charge is 2.45. The van der Waals surface area contributed by atoms with Gasteiger partial charge in [0, 0.05) is 38.0 Å². The Hall–Kier alpha value is -3.55. The Morgan fingerprint density at radius 1 is 1.14 bits per heavy atom. The van der Waals surface area contributed by atoms with Crippen molar-refractivity contribution >= 4 is 17.6 Å². The van der Waals surface area contributed by atoms with Crippen LogP contribution in [0.25, 0.3) is 5.78 Å². The Bertz CT molecular complexity index is 1460. The molecule has 0 bridgehead atoms. The molecule has 14 heteroatoms. The molecular formula is C29H37F3N8O3. The molecule has 2 aliphatic heterocycles. The quantitative estimate of drug-likeness (QED) is 0.379. The maximum Gasteiger partial charge on any atom is 0.393 e. The average molecular weight is 603 g/mol. The highest BCUT2D eigenvalue weighted by atomic mass is 19.4. The van der Waals surface area contributed by atoms with E-state index in [9.17, 15) is 22.8 Å². The first kappa shape index (κ1) is 29.5. The van der Waals surface area contributed by atoms with E-state index in [0.29, 0.717) is 48.2 Å². The number of nitrogens with one attached hydrogen (secondary N) is 2. The third-order valence-corrected chi connectivity index (χ3v) is 9.07. The molecule has 1 saturated carbocycles. The van der Waals surface area contributed by atoms with Crippen molar-refractivity contribution in [2.24, 2.45) is 30.7 Å². The molecule has 1 aliphatic carbocycles. The van der Waals surface area contributed by atoms with E-state index in [2.05, 4.69) is 15.7 Å². The van der Waals surface area contributed by atoms with Crippen molar-refractivity contribution in [3.05, 3.63) is 41.2 Å². The average Bonchev–Trinajstić information content (AvgIpc) is 3.45. The molecule has 0 spiro atoms. The van der Waals surface area contributed by atoms with Crippen molar-refractivity contribution in [1.29, 1.82) is 0 Å². The number of ether oxygens (including phenoxy) is 1. The van der Waals surface area contributed by atoms with E-state index in [1.807, 2.05) is 0 Å². The number of nitrogens with zero attached hydrogens (tertiary/aromatic N) is 6. The fourth-order valence-electron chi connectivity index (χ4n) is 6.50. The van der Waals surface area contributed by atoms with Gasteiger partial charge in [0.15, 0.2) is 0 Å². The van der Waals surface area contributed by atoms with Crippen molar-refractivity contribution in [2.75, 3.05) is 19.8 Å². The number of amides is 2. The molecule has 6 rings (SSSR count). The number of aryl methyl sites for hydroxylation is 1. The minimum atomic E-state index is -4.39. The van der Waals surface area contributed by atoms with E-state index in [-0.39, 0.29) is 36.6 Å². The normalized spacial score (nSPS) is 23.0. The summed E-state index contributed by atoms with van der Waals surface area (Å²) in [6, 6.07) is 1.28. The fraction of sp³-hybridized carbons (Fsp3) is 0.655. The first-order valence-electron chi connectivity index (χ1n) is 15.1. The molecule has 3 aromatic heterocycles. The van der Waals surface area contributed by atoms with E-state index >= 15 is 0 Å². The molecule has 3 atom stereocenters. The third kappa shape index (κ3) is 6.53. The molecule has 11 nitrogen and oxygen atoms in total. The van der Waals surface area contributed by atoms with Crippen LogP contribution in [0.1, 0.15) is 78.6 Å². The Kier molecular flexibility index (Phi) is 8.38. The highest BCUT2D eigenvalue weighted by Crippen LogP contribution is 2.36. The molecule has 43 heavy (non-hydrogen) atoms. The molecular weight excluding hydrogens is 565 g/mol. The topological polar surface area (TPSA) is 128 Å². The summed E-state index contributed by atoms with van der Waals surface area (Å²) in [6.45, 7) is 0.722. The van der Waals surface area contributed by atoms with Crippen molar-refractivity contribution in [3.8, 4) is 0 Å². The summed E-state index contributed by atoms with van der Waals surface area (Å²) in [5.74, 6) is -2.39. The molecule has 232 valence electrons.